The third-order valence-corrected chi connectivity index (χ3v) is 3.76. The van der Waals surface area contributed by atoms with Crippen molar-refractivity contribution >= 4 is 21.6 Å². The van der Waals surface area contributed by atoms with E-state index >= 15 is 0 Å². The standard InChI is InChI=1S/C13H19N3O2S/c1-18-8-6-14-5-2-3-7-16-10-15-12-11(13(16)17)4-9-19-12/h4,9-10,14H,2-3,5-8H2,1H3. The van der Waals surface area contributed by atoms with Gasteiger partial charge >= 0.3 is 0 Å². The molecule has 0 bridgehead atoms. The molecule has 0 saturated carbocycles. The van der Waals surface area contributed by atoms with Crippen LogP contribution < -0.4 is 10.9 Å². The lowest BCUT2D eigenvalue weighted by molar-refractivity contribution is 0.199. The molecule has 0 aliphatic carbocycles. The predicted octanol–water partition coefficient (Wildman–Crippen LogP) is 1.47. The van der Waals surface area contributed by atoms with Gasteiger partial charge in [-0.3, -0.25) is 9.36 Å². The number of ether oxygens (including phenoxy) is 1. The third-order valence-electron chi connectivity index (χ3n) is 2.94. The van der Waals surface area contributed by atoms with E-state index in [2.05, 4.69) is 10.3 Å². The first-order valence-electron chi connectivity index (χ1n) is 6.45. The van der Waals surface area contributed by atoms with E-state index in [4.69, 9.17) is 4.74 Å². The molecule has 0 aliphatic heterocycles. The lowest BCUT2D eigenvalue weighted by Gasteiger charge is -2.06. The van der Waals surface area contributed by atoms with Crippen LogP contribution in [0.4, 0.5) is 0 Å². The number of rotatable bonds is 8. The van der Waals surface area contributed by atoms with Crippen LogP contribution in [-0.2, 0) is 11.3 Å². The van der Waals surface area contributed by atoms with Crippen LogP contribution in [0, 0.1) is 0 Å². The van der Waals surface area contributed by atoms with Gasteiger partial charge in [0, 0.05) is 20.2 Å². The Bertz CT molecular complexity index is 564. The summed E-state index contributed by atoms with van der Waals surface area (Å²) < 4.78 is 6.65. The molecule has 2 aromatic rings. The van der Waals surface area contributed by atoms with Crippen molar-refractivity contribution in [1.82, 2.24) is 14.9 Å². The summed E-state index contributed by atoms with van der Waals surface area (Å²) in [6.45, 7) is 3.28. The highest BCUT2D eigenvalue weighted by Gasteiger charge is 2.04. The first-order chi connectivity index (χ1) is 9.33. The Kier molecular flexibility index (Phi) is 5.50. The van der Waals surface area contributed by atoms with Gasteiger partial charge in [-0.05, 0) is 30.8 Å². The molecule has 2 rings (SSSR count). The lowest BCUT2D eigenvalue weighted by atomic mass is 10.3. The minimum atomic E-state index is 0.0681. The highest BCUT2D eigenvalue weighted by molar-refractivity contribution is 7.16. The Balaban J connectivity index is 1.78. The normalized spacial score (nSPS) is 11.2. The molecule has 0 unspecified atom stereocenters. The van der Waals surface area contributed by atoms with Crippen LogP contribution >= 0.6 is 11.3 Å². The van der Waals surface area contributed by atoms with Gasteiger partial charge in [-0.2, -0.15) is 0 Å². The van der Waals surface area contributed by atoms with Crippen LogP contribution in [0.15, 0.2) is 22.6 Å². The summed E-state index contributed by atoms with van der Waals surface area (Å²) in [7, 11) is 1.70. The largest absolute Gasteiger partial charge is 0.383 e. The second-order valence-corrected chi connectivity index (χ2v) is 5.23. The van der Waals surface area contributed by atoms with Gasteiger partial charge in [0.2, 0.25) is 0 Å². The second kappa shape index (κ2) is 7.37. The van der Waals surface area contributed by atoms with Crippen molar-refractivity contribution in [1.29, 1.82) is 0 Å². The fourth-order valence-corrected chi connectivity index (χ4v) is 2.61. The molecule has 0 saturated heterocycles. The van der Waals surface area contributed by atoms with Gasteiger partial charge in [0.15, 0.2) is 0 Å². The molecule has 0 spiro atoms. The van der Waals surface area contributed by atoms with Crippen LogP contribution in [0.25, 0.3) is 10.2 Å². The Morgan fingerprint density at radius 2 is 2.32 bits per heavy atom. The molecule has 2 heterocycles. The number of fused-ring (bicyclic) bond motifs is 1. The number of unbranched alkanes of at least 4 members (excludes halogenated alkanes) is 1. The maximum Gasteiger partial charge on any atom is 0.262 e. The number of thiophene rings is 1. The zero-order valence-corrected chi connectivity index (χ0v) is 11.9. The summed E-state index contributed by atoms with van der Waals surface area (Å²) in [5.74, 6) is 0. The summed E-state index contributed by atoms with van der Waals surface area (Å²) in [5, 5.41) is 5.92. The molecular weight excluding hydrogens is 262 g/mol. The molecule has 0 fully saturated rings. The van der Waals surface area contributed by atoms with Gasteiger partial charge < -0.3 is 10.1 Å². The van der Waals surface area contributed by atoms with Crippen molar-refractivity contribution < 1.29 is 4.74 Å². The van der Waals surface area contributed by atoms with E-state index in [0.29, 0.717) is 0 Å². The van der Waals surface area contributed by atoms with Gasteiger partial charge in [0.05, 0.1) is 18.3 Å². The maximum absolute atomic E-state index is 12.1. The zero-order valence-electron chi connectivity index (χ0n) is 11.1. The molecule has 2 aromatic heterocycles. The average Bonchev–Trinajstić information content (AvgIpc) is 2.89. The summed E-state index contributed by atoms with van der Waals surface area (Å²) in [5.41, 5.74) is 0.0681. The molecule has 104 valence electrons. The van der Waals surface area contributed by atoms with E-state index in [9.17, 15) is 4.79 Å². The third kappa shape index (κ3) is 3.86. The molecular formula is C13H19N3O2S. The van der Waals surface area contributed by atoms with Gasteiger partial charge in [0.1, 0.15) is 4.83 Å². The fourth-order valence-electron chi connectivity index (χ4n) is 1.88. The van der Waals surface area contributed by atoms with Crippen molar-refractivity contribution in [3.05, 3.63) is 28.1 Å². The Hall–Kier alpha value is -1.24. The first kappa shape index (κ1) is 14.2. The second-order valence-electron chi connectivity index (χ2n) is 4.33. The Labute approximate surface area is 116 Å². The first-order valence-corrected chi connectivity index (χ1v) is 7.33. The SMILES string of the molecule is COCCNCCCCn1cnc2sccc2c1=O. The smallest absolute Gasteiger partial charge is 0.262 e. The van der Waals surface area contributed by atoms with E-state index in [1.54, 1.807) is 18.0 Å². The minimum Gasteiger partial charge on any atom is -0.383 e. The molecule has 5 nitrogen and oxygen atoms in total. The van der Waals surface area contributed by atoms with Gasteiger partial charge in [-0.1, -0.05) is 0 Å². The summed E-state index contributed by atoms with van der Waals surface area (Å²) in [4.78, 5) is 17.2. The molecule has 0 radical (unpaired) electrons. The number of hydrogen-bond acceptors (Lipinski definition) is 5. The van der Waals surface area contributed by atoms with E-state index in [1.807, 2.05) is 11.4 Å². The number of nitrogens with zero attached hydrogens (tertiary/aromatic N) is 2. The predicted molar refractivity (Wildman–Crippen MR) is 77.9 cm³/mol. The molecule has 0 atom stereocenters. The van der Waals surface area contributed by atoms with Crippen LogP contribution in [-0.4, -0.2) is 36.4 Å². The highest BCUT2D eigenvalue weighted by Crippen LogP contribution is 2.13. The highest BCUT2D eigenvalue weighted by atomic mass is 32.1. The van der Waals surface area contributed by atoms with Crippen LogP contribution in [0.2, 0.25) is 0 Å². The van der Waals surface area contributed by atoms with Crippen LogP contribution in [0.3, 0.4) is 0 Å². The van der Waals surface area contributed by atoms with Crippen LogP contribution in [0.5, 0.6) is 0 Å². The number of methoxy groups -OCH3 is 1. The topological polar surface area (TPSA) is 56.1 Å². The van der Waals surface area contributed by atoms with E-state index in [1.165, 1.54) is 11.3 Å². The Morgan fingerprint density at radius 3 is 3.16 bits per heavy atom. The number of aromatic nitrogens is 2. The van der Waals surface area contributed by atoms with Crippen LogP contribution in [0.1, 0.15) is 12.8 Å². The van der Waals surface area contributed by atoms with E-state index in [-0.39, 0.29) is 5.56 Å². The number of aryl methyl sites for hydroxylation is 1. The van der Waals surface area contributed by atoms with Gasteiger partial charge in [-0.15, -0.1) is 11.3 Å². The average molecular weight is 281 g/mol. The van der Waals surface area contributed by atoms with Crippen molar-refractivity contribution in [3.63, 3.8) is 0 Å². The fraction of sp³-hybridized carbons (Fsp3) is 0.538. The number of nitrogens with one attached hydrogen (secondary N) is 1. The summed E-state index contributed by atoms with van der Waals surface area (Å²) in [6, 6.07) is 1.85. The molecule has 0 aromatic carbocycles. The lowest BCUT2D eigenvalue weighted by Crippen LogP contribution is -2.22. The van der Waals surface area contributed by atoms with Gasteiger partial charge in [0.25, 0.3) is 5.56 Å². The van der Waals surface area contributed by atoms with Crippen molar-refractivity contribution in [2.75, 3.05) is 26.8 Å². The van der Waals surface area contributed by atoms with E-state index < -0.39 is 0 Å². The molecule has 0 aliphatic rings. The maximum atomic E-state index is 12.1. The van der Waals surface area contributed by atoms with Crippen molar-refractivity contribution in [2.45, 2.75) is 19.4 Å². The zero-order chi connectivity index (χ0) is 13.5. The summed E-state index contributed by atoms with van der Waals surface area (Å²) in [6.07, 6.45) is 3.66. The molecule has 1 N–H and O–H groups in total. The minimum absolute atomic E-state index is 0.0681. The molecule has 6 heteroatoms. The van der Waals surface area contributed by atoms with Gasteiger partial charge in [-0.25, -0.2) is 4.98 Å². The van der Waals surface area contributed by atoms with E-state index in [0.717, 1.165) is 49.3 Å². The quantitative estimate of drug-likeness (QED) is 0.745. The van der Waals surface area contributed by atoms with Crippen molar-refractivity contribution in [2.24, 2.45) is 0 Å². The molecule has 19 heavy (non-hydrogen) atoms. The monoisotopic (exact) mass is 281 g/mol. The summed E-state index contributed by atoms with van der Waals surface area (Å²) >= 11 is 1.50. The molecule has 0 amide bonds. The Morgan fingerprint density at radius 1 is 1.42 bits per heavy atom. The van der Waals surface area contributed by atoms with Crippen molar-refractivity contribution in [3.8, 4) is 0 Å². The number of hydrogen-bond donors (Lipinski definition) is 1.